The largest absolute Gasteiger partial charge is 0.416 e. The van der Waals surface area contributed by atoms with Crippen molar-refractivity contribution in [1.82, 2.24) is 14.8 Å². The highest BCUT2D eigenvalue weighted by Gasteiger charge is 2.35. The lowest BCUT2D eigenvalue weighted by Gasteiger charge is -2.24. The van der Waals surface area contributed by atoms with Crippen LogP contribution in [-0.4, -0.2) is 20.7 Å². The Morgan fingerprint density at radius 2 is 2.03 bits per heavy atom. The van der Waals surface area contributed by atoms with Gasteiger partial charge in [-0.3, -0.25) is 4.79 Å². The van der Waals surface area contributed by atoms with E-state index in [9.17, 15) is 18.0 Å². The molecule has 2 aromatic carbocycles. The second kappa shape index (κ2) is 7.16. The minimum Gasteiger partial charge on any atom is -0.310 e. The second-order valence-electron chi connectivity index (χ2n) is 7.30. The third kappa shape index (κ3) is 3.53. The van der Waals surface area contributed by atoms with E-state index in [2.05, 4.69) is 31.3 Å². The first-order valence-electron chi connectivity index (χ1n) is 9.33. The maximum atomic E-state index is 13.2. The summed E-state index contributed by atoms with van der Waals surface area (Å²) in [4.78, 5) is 17.1. The van der Waals surface area contributed by atoms with Gasteiger partial charge in [-0.25, -0.2) is 4.98 Å². The van der Waals surface area contributed by atoms with E-state index >= 15 is 0 Å². The predicted octanol–water partition coefficient (Wildman–Crippen LogP) is 6.05. The molecule has 1 amide bonds. The van der Waals surface area contributed by atoms with E-state index in [4.69, 9.17) is 0 Å². The van der Waals surface area contributed by atoms with Crippen LogP contribution in [0.3, 0.4) is 0 Å². The fraction of sp³-hybridized carbons (Fsp3) is 0.190. The van der Waals surface area contributed by atoms with Crippen LogP contribution in [0.4, 0.5) is 19.0 Å². The van der Waals surface area contributed by atoms with Gasteiger partial charge < -0.3 is 5.32 Å². The molecule has 0 bridgehead atoms. The van der Waals surface area contributed by atoms with Crippen molar-refractivity contribution in [3.63, 3.8) is 0 Å². The summed E-state index contributed by atoms with van der Waals surface area (Å²) in [5.74, 6) is -0.350. The van der Waals surface area contributed by atoms with E-state index in [0.29, 0.717) is 27.8 Å². The maximum Gasteiger partial charge on any atom is 0.416 e. The van der Waals surface area contributed by atoms with Crippen LogP contribution < -0.4 is 5.32 Å². The van der Waals surface area contributed by atoms with E-state index in [-0.39, 0.29) is 12.3 Å². The van der Waals surface area contributed by atoms with Crippen molar-refractivity contribution in [3.05, 3.63) is 69.3 Å². The van der Waals surface area contributed by atoms with Gasteiger partial charge in [0, 0.05) is 22.4 Å². The van der Waals surface area contributed by atoms with E-state index < -0.39 is 17.7 Å². The molecular weight excluding hydrogens is 493 g/mol. The first kappa shape index (κ1) is 20.2. The fourth-order valence-corrected chi connectivity index (χ4v) is 5.35. The van der Waals surface area contributed by atoms with Crippen molar-refractivity contribution in [1.29, 1.82) is 0 Å². The molecule has 0 unspecified atom stereocenters. The minimum absolute atomic E-state index is 0.0492. The molecule has 2 aromatic heterocycles. The number of fused-ring (bicyclic) bond motifs is 2. The Kier molecular flexibility index (Phi) is 4.67. The van der Waals surface area contributed by atoms with Crippen molar-refractivity contribution < 1.29 is 18.0 Å². The van der Waals surface area contributed by atoms with Gasteiger partial charge in [-0.2, -0.15) is 23.0 Å². The smallest absolute Gasteiger partial charge is 0.310 e. The minimum atomic E-state index is -4.45. The summed E-state index contributed by atoms with van der Waals surface area (Å²) in [7, 11) is 0. The van der Waals surface area contributed by atoms with Gasteiger partial charge in [0.15, 0.2) is 0 Å². The Bertz CT molecular complexity index is 1340. The molecule has 5 rings (SSSR count). The molecule has 1 aliphatic heterocycles. The Labute approximate surface area is 187 Å². The van der Waals surface area contributed by atoms with Crippen molar-refractivity contribution in [2.45, 2.75) is 25.4 Å². The Morgan fingerprint density at radius 3 is 2.81 bits per heavy atom. The summed E-state index contributed by atoms with van der Waals surface area (Å²) in [5, 5.41) is 7.99. The lowest BCUT2D eigenvalue weighted by molar-refractivity contribution is -0.137. The lowest BCUT2D eigenvalue weighted by Crippen LogP contribution is -2.25. The van der Waals surface area contributed by atoms with Crippen molar-refractivity contribution in [2.75, 3.05) is 5.32 Å². The molecule has 31 heavy (non-hydrogen) atoms. The summed E-state index contributed by atoms with van der Waals surface area (Å²) in [6.07, 6.45) is -4.40. The SMILES string of the molecule is Cc1nn(-c2nc3ccc(Br)cc3s2)c2c1[C@@H](c1cccc(C(F)(F)F)c1)CC(=O)N2. The third-order valence-corrected chi connectivity index (χ3v) is 6.73. The summed E-state index contributed by atoms with van der Waals surface area (Å²) < 4.78 is 43.1. The molecule has 158 valence electrons. The molecule has 0 radical (unpaired) electrons. The molecule has 10 heteroatoms. The number of benzene rings is 2. The Morgan fingerprint density at radius 1 is 1.23 bits per heavy atom. The molecule has 1 atom stereocenters. The van der Waals surface area contributed by atoms with Gasteiger partial charge in [-0.15, -0.1) is 0 Å². The number of carbonyl (C=O) groups is 1. The molecule has 1 N–H and O–H groups in total. The molecule has 0 aliphatic carbocycles. The number of nitrogens with zero attached hydrogens (tertiary/aromatic N) is 3. The summed E-state index contributed by atoms with van der Waals surface area (Å²) in [5.41, 5.74) is 1.83. The van der Waals surface area contributed by atoms with Gasteiger partial charge in [-0.1, -0.05) is 45.5 Å². The molecule has 5 nitrogen and oxygen atoms in total. The number of hydrogen-bond donors (Lipinski definition) is 1. The zero-order valence-electron chi connectivity index (χ0n) is 16.0. The van der Waals surface area contributed by atoms with Crippen LogP contribution in [0.15, 0.2) is 46.9 Å². The van der Waals surface area contributed by atoms with Crippen LogP contribution in [0.25, 0.3) is 15.3 Å². The van der Waals surface area contributed by atoms with Gasteiger partial charge in [-0.05, 0) is 36.8 Å². The predicted molar refractivity (Wildman–Crippen MR) is 116 cm³/mol. The zero-order chi connectivity index (χ0) is 21.9. The van der Waals surface area contributed by atoms with Gasteiger partial charge in [0.2, 0.25) is 11.0 Å². The molecule has 1 aliphatic rings. The van der Waals surface area contributed by atoms with Gasteiger partial charge in [0.25, 0.3) is 0 Å². The van der Waals surface area contributed by atoms with Gasteiger partial charge >= 0.3 is 6.18 Å². The molecule has 4 aromatic rings. The normalized spacial score (nSPS) is 16.4. The number of halogens is 4. The number of rotatable bonds is 2. The molecule has 0 spiro atoms. The Hall–Kier alpha value is -2.72. The molecule has 0 fully saturated rings. The molecule has 0 saturated heterocycles. The van der Waals surface area contributed by atoms with Gasteiger partial charge in [0.05, 0.1) is 21.5 Å². The maximum absolute atomic E-state index is 13.2. The topological polar surface area (TPSA) is 59.8 Å². The van der Waals surface area contributed by atoms with Crippen LogP contribution in [0.5, 0.6) is 0 Å². The quantitative estimate of drug-likeness (QED) is 0.360. The van der Waals surface area contributed by atoms with Crippen molar-refractivity contribution >= 4 is 49.2 Å². The molecule has 0 saturated carbocycles. The number of nitrogens with one attached hydrogen (secondary N) is 1. The number of thiazole rings is 1. The number of alkyl halides is 3. The molecular formula is C21H14BrF3N4OS. The van der Waals surface area contributed by atoms with Gasteiger partial charge in [0.1, 0.15) is 5.82 Å². The van der Waals surface area contributed by atoms with E-state index in [1.165, 1.54) is 17.4 Å². The highest BCUT2D eigenvalue weighted by molar-refractivity contribution is 9.10. The number of aromatic nitrogens is 3. The fourth-order valence-electron chi connectivity index (χ4n) is 3.88. The van der Waals surface area contributed by atoms with Crippen molar-refractivity contribution in [3.8, 4) is 5.13 Å². The summed E-state index contributed by atoms with van der Waals surface area (Å²) in [6.45, 7) is 1.79. The number of anilines is 1. The average molecular weight is 507 g/mol. The van der Waals surface area contributed by atoms with Crippen LogP contribution in [0.1, 0.15) is 34.7 Å². The number of carbonyl (C=O) groups excluding carboxylic acids is 1. The van der Waals surface area contributed by atoms with Crippen LogP contribution in [-0.2, 0) is 11.0 Å². The zero-order valence-corrected chi connectivity index (χ0v) is 18.4. The number of aryl methyl sites for hydroxylation is 1. The first-order chi connectivity index (χ1) is 14.7. The first-order valence-corrected chi connectivity index (χ1v) is 10.9. The van der Waals surface area contributed by atoms with Crippen molar-refractivity contribution in [2.24, 2.45) is 0 Å². The van der Waals surface area contributed by atoms with E-state index in [1.807, 2.05) is 18.2 Å². The standard InChI is InChI=1S/C21H14BrF3N4OS/c1-10-18-14(11-3-2-4-12(7-11)21(23,24)25)9-17(30)27-19(18)29(28-10)20-26-15-6-5-13(22)8-16(15)31-20/h2-8,14H,9H2,1H3,(H,27,30)/t14-/m1/s1. The van der Waals surface area contributed by atoms with Crippen LogP contribution in [0.2, 0.25) is 0 Å². The number of amides is 1. The summed E-state index contributed by atoms with van der Waals surface area (Å²) in [6, 6.07) is 10.8. The van der Waals surface area contributed by atoms with Crippen LogP contribution in [0, 0.1) is 6.92 Å². The highest BCUT2D eigenvalue weighted by atomic mass is 79.9. The Balaban J connectivity index is 1.65. The average Bonchev–Trinajstić information content (AvgIpc) is 3.27. The van der Waals surface area contributed by atoms with E-state index in [1.54, 1.807) is 17.7 Å². The highest BCUT2D eigenvalue weighted by Crippen LogP contribution is 2.42. The monoisotopic (exact) mass is 506 g/mol. The second-order valence-corrected chi connectivity index (χ2v) is 9.22. The summed E-state index contributed by atoms with van der Waals surface area (Å²) >= 11 is 4.86. The third-order valence-electron chi connectivity index (χ3n) is 5.24. The molecule has 3 heterocycles. The van der Waals surface area contributed by atoms with Crippen LogP contribution >= 0.6 is 27.3 Å². The number of hydrogen-bond acceptors (Lipinski definition) is 4. The van der Waals surface area contributed by atoms with E-state index in [0.717, 1.165) is 26.8 Å². The lowest BCUT2D eigenvalue weighted by atomic mass is 9.85.